The van der Waals surface area contributed by atoms with Crippen molar-refractivity contribution in [2.45, 2.75) is 19.6 Å². The standard InChI is InChI=1S/C17H26O6/c1-6-17(9-18-2)10-22-16(23-11-17)15-13(20-4)7-12(19-3)8-14(15)21-5/h7-8,16H,6,9-11H2,1-5H3. The van der Waals surface area contributed by atoms with Crippen molar-refractivity contribution in [3.05, 3.63) is 17.7 Å². The van der Waals surface area contributed by atoms with Crippen molar-refractivity contribution in [3.63, 3.8) is 0 Å². The van der Waals surface area contributed by atoms with Gasteiger partial charge in [-0.3, -0.25) is 0 Å². The van der Waals surface area contributed by atoms with Crippen LogP contribution in [0, 0.1) is 5.41 Å². The average molecular weight is 326 g/mol. The molecule has 6 heteroatoms. The summed E-state index contributed by atoms with van der Waals surface area (Å²) >= 11 is 0. The smallest absolute Gasteiger partial charge is 0.191 e. The van der Waals surface area contributed by atoms with Crippen LogP contribution in [0.1, 0.15) is 25.2 Å². The van der Waals surface area contributed by atoms with Gasteiger partial charge in [0.25, 0.3) is 0 Å². The number of ether oxygens (including phenoxy) is 6. The van der Waals surface area contributed by atoms with E-state index in [0.29, 0.717) is 37.1 Å². The SMILES string of the molecule is CCC1(COC)COC(c2c(OC)cc(OC)cc2OC)OC1. The lowest BCUT2D eigenvalue weighted by Gasteiger charge is -2.39. The van der Waals surface area contributed by atoms with E-state index in [2.05, 4.69) is 6.92 Å². The van der Waals surface area contributed by atoms with Crippen LogP contribution in [0.2, 0.25) is 0 Å². The lowest BCUT2D eigenvalue weighted by atomic mass is 9.87. The molecule has 0 unspecified atom stereocenters. The maximum atomic E-state index is 5.98. The number of rotatable bonds is 7. The minimum Gasteiger partial charge on any atom is -0.496 e. The average Bonchev–Trinajstić information content (AvgIpc) is 2.61. The number of methoxy groups -OCH3 is 4. The molecule has 0 bridgehead atoms. The van der Waals surface area contributed by atoms with Crippen molar-refractivity contribution >= 4 is 0 Å². The second kappa shape index (κ2) is 7.86. The third-order valence-corrected chi connectivity index (χ3v) is 4.27. The molecule has 0 aromatic heterocycles. The summed E-state index contributed by atoms with van der Waals surface area (Å²) in [6, 6.07) is 3.59. The van der Waals surface area contributed by atoms with Crippen molar-refractivity contribution in [1.82, 2.24) is 0 Å². The fraction of sp³-hybridized carbons (Fsp3) is 0.647. The molecule has 0 amide bonds. The Balaban J connectivity index is 2.26. The predicted molar refractivity (Wildman–Crippen MR) is 85.3 cm³/mol. The van der Waals surface area contributed by atoms with Crippen LogP contribution in [0.15, 0.2) is 12.1 Å². The Hall–Kier alpha value is -1.50. The zero-order chi connectivity index (χ0) is 16.9. The highest BCUT2D eigenvalue weighted by Gasteiger charge is 2.38. The molecule has 1 fully saturated rings. The molecule has 0 spiro atoms. The van der Waals surface area contributed by atoms with Gasteiger partial charge in [-0.15, -0.1) is 0 Å². The summed E-state index contributed by atoms with van der Waals surface area (Å²) in [5.74, 6) is 1.88. The molecule has 0 aliphatic carbocycles. The van der Waals surface area contributed by atoms with Crippen LogP contribution in [0.25, 0.3) is 0 Å². The molecule has 6 nitrogen and oxygen atoms in total. The normalized spacial score (nSPS) is 24.3. The van der Waals surface area contributed by atoms with E-state index in [1.54, 1.807) is 40.6 Å². The molecule has 1 saturated heterocycles. The molecule has 0 atom stereocenters. The van der Waals surface area contributed by atoms with Gasteiger partial charge in [-0.25, -0.2) is 0 Å². The Morgan fingerprint density at radius 3 is 1.96 bits per heavy atom. The topological polar surface area (TPSA) is 55.4 Å². The molecule has 0 saturated carbocycles. The highest BCUT2D eigenvalue weighted by atomic mass is 16.7. The zero-order valence-corrected chi connectivity index (χ0v) is 14.5. The molecule has 1 aliphatic heterocycles. The van der Waals surface area contributed by atoms with Crippen LogP contribution in [0.4, 0.5) is 0 Å². The van der Waals surface area contributed by atoms with Gasteiger partial charge >= 0.3 is 0 Å². The van der Waals surface area contributed by atoms with Crippen LogP contribution in [-0.2, 0) is 14.2 Å². The van der Waals surface area contributed by atoms with Gasteiger partial charge in [0.1, 0.15) is 17.2 Å². The lowest BCUT2D eigenvalue weighted by Crippen LogP contribution is -2.41. The number of benzene rings is 1. The molecule has 1 aromatic carbocycles. The van der Waals surface area contributed by atoms with Gasteiger partial charge in [0, 0.05) is 24.7 Å². The minimum atomic E-state index is -0.540. The van der Waals surface area contributed by atoms with E-state index in [4.69, 9.17) is 28.4 Å². The summed E-state index contributed by atoms with van der Waals surface area (Å²) in [5, 5.41) is 0. The van der Waals surface area contributed by atoms with Gasteiger partial charge in [-0.1, -0.05) is 6.92 Å². The number of hydrogen-bond acceptors (Lipinski definition) is 6. The Kier molecular flexibility index (Phi) is 6.10. The summed E-state index contributed by atoms with van der Waals surface area (Å²) in [4.78, 5) is 0. The molecule has 1 aliphatic rings. The van der Waals surface area contributed by atoms with Crippen LogP contribution in [0.5, 0.6) is 17.2 Å². The van der Waals surface area contributed by atoms with E-state index in [9.17, 15) is 0 Å². The van der Waals surface area contributed by atoms with Crippen molar-refractivity contribution in [2.24, 2.45) is 5.41 Å². The van der Waals surface area contributed by atoms with E-state index < -0.39 is 6.29 Å². The Morgan fingerprint density at radius 1 is 1.00 bits per heavy atom. The van der Waals surface area contributed by atoms with Crippen molar-refractivity contribution in [1.29, 1.82) is 0 Å². The molecule has 1 heterocycles. The highest BCUT2D eigenvalue weighted by Crippen LogP contribution is 2.43. The zero-order valence-electron chi connectivity index (χ0n) is 14.5. The summed E-state index contributed by atoms with van der Waals surface area (Å²) in [6.07, 6.45) is 0.382. The van der Waals surface area contributed by atoms with E-state index in [1.807, 2.05) is 0 Å². The predicted octanol–water partition coefficient (Wildman–Crippen LogP) is 2.80. The van der Waals surface area contributed by atoms with Gasteiger partial charge < -0.3 is 28.4 Å². The highest BCUT2D eigenvalue weighted by molar-refractivity contribution is 5.51. The van der Waals surface area contributed by atoms with E-state index in [0.717, 1.165) is 12.0 Å². The Morgan fingerprint density at radius 2 is 1.57 bits per heavy atom. The first-order valence-corrected chi connectivity index (χ1v) is 7.65. The van der Waals surface area contributed by atoms with Crippen LogP contribution in [0.3, 0.4) is 0 Å². The number of hydrogen-bond donors (Lipinski definition) is 0. The van der Waals surface area contributed by atoms with Gasteiger partial charge in [-0.2, -0.15) is 0 Å². The molecule has 2 rings (SSSR count). The van der Waals surface area contributed by atoms with Gasteiger partial charge in [0.2, 0.25) is 0 Å². The van der Waals surface area contributed by atoms with Gasteiger partial charge in [0.15, 0.2) is 6.29 Å². The molecule has 130 valence electrons. The summed E-state index contributed by atoms with van der Waals surface area (Å²) in [6.45, 7) is 3.83. The van der Waals surface area contributed by atoms with Gasteiger partial charge in [0.05, 0.1) is 46.7 Å². The lowest BCUT2D eigenvalue weighted by molar-refractivity contribution is -0.244. The largest absolute Gasteiger partial charge is 0.496 e. The van der Waals surface area contributed by atoms with Crippen molar-refractivity contribution in [2.75, 3.05) is 48.3 Å². The molecular formula is C17H26O6. The Labute approximate surface area is 137 Å². The quantitative estimate of drug-likeness (QED) is 0.768. The fourth-order valence-electron chi connectivity index (χ4n) is 2.72. The summed E-state index contributed by atoms with van der Waals surface area (Å²) < 4.78 is 33.5. The monoisotopic (exact) mass is 326 g/mol. The van der Waals surface area contributed by atoms with Crippen LogP contribution >= 0.6 is 0 Å². The molecule has 23 heavy (non-hydrogen) atoms. The fourth-order valence-corrected chi connectivity index (χ4v) is 2.72. The van der Waals surface area contributed by atoms with E-state index in [-0.39, 0.29) is 5.41 Å². The summed E-state index contributed by atoms with van der Waals surface area (Å²) in [7, 11) is 6.49. The molecule has 1 aromatic rings. The first-order valence-electron chi connectivity index (χ1n) is 7.65. The first-order chi connectivity index (χ1) is 11.1. The van der Waals surface area contributed by atoms with E-state index >= 15 is 0 Å². The van der Waals surface area contributed by atoms with E-state index in [1.165, 1.54) is 0 Å². The third kappa shape index (κ3) is 3.71. The van der Waals surface area contributed by atoms with Crippen molar-refractivity contribution < 1.29 is 28.4 Å². The Bertz CT molecular complexity index is 483. The first kappa shape index (κ1) is 17.8. The summed E-state index contributed by atoms with van der Waals surface area (Å²) in [5.41, 5.74) is 0.621. The minimum absolute atomic E-state index is 0.113. The maximum absolute atomic E-state index is 5.98. The van der Waals surface area contributed by atoms with Gasteiger partial charge in [-0.05, 0) is 6.42 Å². The molecule has 0 N–H and O–H groups in total. The second-order valence-corrected chi connectivity index (χ2v) is 5.69. The van der Waals surface area contributed by atoms with Crippen LogP contribution in [-0.4, -0.2) is 48.3 Å². The second-order valence-electron chi connectivity index (χ2n) is 5.69. The van der Waals surface area contributed by atoms with Crippen LogP contribution < -0.4 is 14.2 Å². The molecule has 0 radical (unpaired) electrons. The van der Waals surface area contributed by atoms with Crippen molar-refractivity contribution in [3.8, 4) is 17.2 Å². The third-order valence-electron chi connectivity index (χ3n) is 4.27. The maximum Gasteiger partial charge on any atom is 0.191 e. The molecular weight excluding hydrogens is 300 g/mol.